The Labute approximate surface area is 136 Å². The molecule has 0 bridgehead atoms. The second-order valence-electron chi connectivity index (χ2n) is 6.47. The smallest absolute Gasteiger partial charge is 0.119 e. The topological polar surface area (TPSA) is 18.5 Å². The van der Waals surface area contributed by atoms with Gasteiger partial charge in [-0.1, -0.05) is 38.8 Å². The van der Waals surface area contributed by atoms with E-state index in [1.807, 2.05) is 0 Å². The minimum absolute atomic E-state index is 0.499. The molecule has 0 atom stereocenters. The van der Waals surface area contributed by atoms with Crippen LogP contribution in [0.4, 0.5) is 0 Å². The second-order valence-corrected chi connectivity index (χ2v) is 6.47. The average molecular weight is 304 g/mol. The molecule has 124 valence electrons. The van der Waals surface area contributed by atoms with Crippen LogP contribution >= 0.6 is 0 Å². The van der Waals surface area contributed by atoms with Gasteiger partial charge in [-0.2, -0.15) is 0 Å². The van der Waals surface area contributed by atoms with Crippen molar-refractivity contribution in [1.82, 2.24) is 0 Å². The SMILES string of the molecule is CCCCOc1ccc(C2CCC(OCCCC)CC2)cc1. The van der Waals surface area contributed by atoms with Crippen molar-refractivity contribution >= 4 is 0 Å². The van der Waals surface area contributed by atoms with Gasteiger partial charge in [0, 0.05) is 6.61 Å². The monoisotopic (exact) mass is 304 g/mol. The van der Waals surface area contributed by atoms with Gasteiger partial charge < -0.3 is 9.47 Å². The molecule has 0 radical (unpaired) electrons. The van der Waals surface area contributed by atoms with Crippen molar-refractivity contribution in [3.8, 4) is 5.75 Å². The summed E-state index contributed by atoms with van der Waals surface area (Å²) in [6, 6.07) is 8.78. The summed E-state index contributed by atoms with van der Waals surface area (Å²) in [6.07, 6.45) is 10.2. The van der Waals surface area contributed by atoms with Gasteiger partial charge in [0.2, 0.25) is 0 Å². The zero-order chi connectivity index (χ0) is 15.6. The Morgan fingerprint density at radius 1 is 0.864 bits per heavy atom. The molecule has 1 aromatic rings. The number of ether oxygens (including phenoxy) is 2. The van der Waals surface area contributed by atoms with Gasteiger partial charge >= 0.3 is 0 Å². The molecule has 0 spiro atoms. The lowest BCUT2D eigenvalue weighted by atomic mass is 9.83. The van der Waals surface area contributed by atoms with Crippen molar-refractivity contribution in [2.75, 3.05) is 13.2 Å². The Morgan fingerprint density at radius 3 is 2.14 bits per heavy atom. The fraction of sp³-hybridized carbons (Fsp3) is 0.700. The summed E-state index contributed by atoms with van der Waals surface area (Å²) in [5, 5.41) is 0. The van der Waals surface area contributed by atoms with Crippen LogP contribution in [0, 0.1) is 0 Å². The zero-order valence-electron chi connectivity index (χ0n) is 14.4. The van der Waals surface area contributed by atoms with E-state index in [-0.39, 0.29) is 0 Å². The van der Waals surface area contributed by atoms with Crippen molar-refractivity contribution in [1.29, 1.82) is 0 Å². The van der Waals surface area contributed by atoms with Gasteiger partial charge in [0.1, 0.15) is 5.75 Å². The van der Waals surface area contributed by atoms with Crippen LogP contribution in [0.2, 0.25) is 0 Å². The molecule has 0 aromatic heterocycles. The second kappa shape index (κ2) is 9.89. The lowest BCUT2D eigenvalue weighted by molar-refractivity contribution is 0.0232. The van der Waals surface area contributed by atoms with Crippen LogP contribution in [0.1, 0.15) is 76.7 Å². The molecule has 2 heteroatoms. The van der Waals surface area contributed by atoms with Crippen LogP contribution in [0.25, 0.3) is 0 Å². The first kappa shape index (κ1) is 17.3. The van der Waals surface area contributed by atoms with Gasteiger partial charge in [0.05, 0.1) is 12.7 Å². The van der Waals surface area contributed by atoms with Crippen LogP contribution in [-0.4, -0.2) is 19.3 Å². The Bertz CT molecular complexity index is 391. The summed E-state index contributed by atoms with van der Waals surface area (Å²) < 4.78 is 11.7. The summed E-state index contributed by atoms with van der Waals surface area (Å²) in [5.41, 5.74) is 1.47. The largest absolute Gasteiger partial charge is 0.494 e. The molecule has 1 saturated carbocycles. The van der Waals surface area contributed by atoms with Crippen molar-refractivity contribution in [2.24, 2.45) is 0 Å². The van der Waals surface area contributed by atoms with E-state index in [9.17, 15) is 0 Å². The van der Waals surface area contributed by atoms with Crippen LogP contribution < -0.4 is 4.74 Å². The van der Waals surface area contributed by atoms with Crippen LogP contribution in [0.3, 0.4) is 0 Å². The molecule has 22 heavy (non-hydrogen) atoms. The maximum atomic E-state index is 5.96. The third-order valence-corrected chi connectivity index (χ3v) is 4.64. The van der Waals surface area contributed by atoms with Gasteiger partial charge in [-0.05, 0) is 62.1 Å². The molecule has 1 fully saturated rings. The Morgan fingerprint density at radius 2 is 1.50 bits per heavy atom. The van der Waals surface area contributed by atoms with E-state index < -0.39 is 0 Å². The number of unbranched alkanes of at least 4 members (excludes halogenated alkanes) is 2. The van der Waals surface area contributed by atoms with Crippen molar-refractivity contribution in [3.63, 3.8) is 0 Å². The van der Waals surface area contributed by atoms with Gasteiger partial charge in [-0.3, -0.25) is 0 Å². The van der Waals surface area contributed by atoms with Crippen LogP contribution in [-0.2, 0) is 4.74 Å². The summed E-state index contributed by atoms with van der Waals surface area (Å²) in [6.45, 7) is 6.18. The summed E-state index contributed by atoms with van der Waals surface area (Å²) in [5.74, 6) is 1.71. The van der Waals surface area contributed by atoms with E-state index in [1.165, 1.54) is 50.5 Å². The average Bonchev–Trinajstić information content (AvgIpc) is 2.57. The lowest BCUT2D eigenvalue weighted by Crippen LogP contribution is -2.21. The molecule has 2 rings (SSSR count). The third-order valence-electron chi connectivity index (χ3n) is 4.64. The van der Waals surface area contributed by atoms with Crippen molar-refractivity contribution in [2.45, 2.75) is 77.2 Å². The third kappa shape index (κ3) is 5.64. The van der Waals surface area contributed by atoms with Crippen molar-refractivity contribution < 1.29 is 9.47 Å². The first-order chi connectivity index (χ1) is 10.8. The number of hydrogen-bond donors (Lipinski definition) is 0. The number of hydrogen-bond acceptors (Lipinski definition) is 2. The Balaban J connectivity index is 1.74. The summed E-state index contributed by atoms with van der Waals surface area (Å²) in [7, 11) is 0. The normalized spacial score (nSPS) is 21.7. The van der Waals surface area contributed by atoms with Gasteiger partial charge in [-0.15, -0.1) is 0 Å². The molecule has 1 aliphatic rings. The zero-order valence-corrected chi connectivity index (χ0v) is 14.4. The standard InChI is InChI=1S/C20H32O2/c1-3-5-15-21-19-11-7-17(8-12-19)18-9-13-20(14-10-18)22-16-6-4-2/h7-8,11-12,18,20H,3-6,9-10,13-16H2,1-2H3. The minimum Gasteiger partial charge on any atom is -0.494 e. The van der Waals surface area contributed by atoms with Crippen LogP contribution in [0.15, 0.2) is 24.3 Å². The fourth-order valence-electron chi connectivity index (χ4n) is 3.13. The van der Waals surface area contributed by atoms with Gasteiger partial charge in [-0.25, -0.2) is 0 Å². The highest BCUT2D eigenvalue weighted by Crippen LogP contribution is 2.34. The highest BCUT2D eigenvalue weighted by atomic mass is 16.5. The van der Waals surface area contributed by atoms with Crippen molar-refractivity contribution in [3.05, 3.63) is 29.8 Å². The highest BCUT2D eigenvalue weighted by molar-refractivity contribution is 5.29. The fourth-order valence-corrected chi connectivity index (χ4v) is 3.13. The molecule has 0 unspecified atom stereocenters. The molecular weight excluding hydrogens is 272 g/mol. The molecule has 0 N–H and O–H groups in total. The summed E-state index contributed by atoms with van der Waals surface area (Å²) >= 11 is 0. The summed E-state index contributed by atoms with van der Waals surface area (Å²) in [4.78, 5) is 0. The predicted molar refractivity (Wildman–Crippen MR) is 92.7 cm³/mol. The predicted octanol–water partition coefficient (Wildman–Crippen LogP) is 5.71. The highest BCUT2D eigenvalue weighted by Gasteiger charge is 2.22. The number of benzene rings is 1. The maximum Gasteiger partial charge on any atom is 0.119 e. The van der Waals surface area contributed by atoms with E-state index >= 15 is 0 Å². The maximum absolute atomic E-state index is 5.96. The van der Waals surface area contributed by atoms with E-state index in [0.29, 0.717) is 12.0 Å². The first-order valence-electron chi connectivity index (χ1n) is 9.17. The molecule has 0 amide bonds. The molecule has 1 aromatic carbocycles. The quantitative estimate of drug-likeness (QED) is 0.544. The molecule has 2 nitrogen and oxygen atoms in total. The molecular formula is C20H32O2. The van der Waals surface area contributed by atoms with E-state index in [2.05, 4.69) is 38.1 Å². The molecule has 1 aliphatic carbocycles. The first-order valence-corrected chi connectivity index (χ1v) is 9.17. The Kier molecular flexibility index (Phi) is 7.79. The van der Waals surface area contributed by atoms with E-state index in [4.69, 9.17) is 9.47 Å². The minimum atomic E-state index is 0.499. The number of rotatable bonds is 9. The van der Waals surface area contributed by atoms with Gasteiger partial charge in [0.15, 0.2) is 0 Å². The molecule has 0 aliphatic heterocycles. The lowest BCUT2D eigenvalue weighted by Gasteiger charge is -2.29. The van der Waals surface area contributed by atoms with E-state index in [0.717, 1.165) is 25.4 Å². The van der Waals surface area contributed by atoms with Gasteiger partial charge in [0.25, 0.3) is 0 Å². The molecule has 0 heterocycles. The van der Waals surface area contributed by atoms with E-state index in [1.54, 1.807) is 0 Å². The van der Waals surface area contributed by atoms with Crippen LogP contribution in [0.5, 0.6) is 5.75 Å². The molecule has 0 saturated heterocycles. The Hall–Kier alpha value is -1.02.